The number of hydrogen-bond donors (Lipinski definition) is 0. The fourth-order valence-corrected chi connectivity index (χ4v) is 8.14. The van der Waals surface area contributed by atoms with Crippen LogP contribution >= 0.6 is 0 Å². The molecule has 37 heavy (non-hydrogen) atoms. The van der Waals surface area contributed by atoms with E-state index in [1.54, 1.807) is 17.2 Å². The van der Waals surface area contributed by atoms with Crippen molar-refractivity contribution >= 4 is 0 Å². The van der Waals surface area contributed by atoms with Crippen LogP contribution in [0.2, 0.25) is 0 Å². The van der Waals surface area contributed by atoms with Crippen molar-refractivity contribution in [1.82, 2.24) is 0 Å². The summed E-state index contributed by atoms with van der Waals surface area (Å²) in [4.78, 5) is 0. The number of halogens is 1. The Hall–Kier alpha value is -1.89. The van der Waals surface area contributed by atoms with E-state index in [1.165, 1.54) is 107 Å². The van der Waals surface area contributed by atoms with Crippen LogP contribution in [-0.4, -0.2) is 0 Å². The number of hydrogen-bond acceptors (Lipinski definition) is 0. The minimum atomic E-state index is 0.638. The number of benzene rings is 2. The maximum atomic E-state index is 12.5. The second-order valence-electron chi connectivity index (χ2n) is 12.8. The first kappa shape index (κ1) is 28.1. The summed E-state index contributed by atoms with van der Waals surface area (Å²) in [6, 6.07) is 0. The van der Waals surface area contributed by atoms with Crippen molar-refractivity contribution in [3.63, 3.8) is 0 Å². The minimum absolute atomic E-state index is 0.638. The van der Waals surface area contributed by atoms with Crippen LogP contribution in [0.3, 0.4) is 0 Å². The summed E-state index contributed by atoms with van der Waals surface area (Å²) >= 11 is 0. The normalized spacial score (nSPS) is 24.7. The lowest BCUT2D eigenvalue weighted by molar-refractivity contribution is 0.326. The summed E-state index contributed by atoms with van der Waals surface area (Å²) in [5.74, 6) is 2.90. The van der Waals surface area contributed by atoms with E-state index in [-0.39, 0.29) is 0 Å². The predicted octanol–water partition coefficient (Wildman–Crippen LogP) is 11.3. The highest BCUT2D eigenvalue weighted by molar-refractivity contribution is 5.82. The van der Waals surface area contributed by atoms with E-state index in [0.717, 1.165) is 24.6 Å². The predicted molar refractivity (Wildman–Crippen MR) is 160 cm³/mol. The molecule has 0 nitrogen and oxygen atoms in total. The molecule has 2 saturated carbocycles. The molecule has 2 aromatic carbocycles. The van der Waals surface area contributed by atoms with E-state index in [1.807, 2.05) is 0 Å². The second kappa shape index (κ2) is 11.5. The zero-order valence-electron chi connectivity index (χ0n) is 25.2. The van der Waals surface area contributed by atoms with Crippen LogP contribution in [0.5, 0.6) is 0 Å². The molecule has 4 rings (SSSR count). The quantitative estimate of drug-likeness (QED) is 0.381. The molecule has 2 aromatic rings. The third-order valence-corrected chi connectivity index (χ3v) is 10.9. The van der Waals surface area contributed by atoms with Gasteiger partial charge < -0.3 is 0 Å². The molecule has 2 aliphatic rings. The van der Waals surface area contributed by atoms with Crippen LogP contribution in [0.15, 0.2) is 12.4 Å². The van der Waals surface area contributed by atoms with Crippen molar-refractivity contribution in [2.24, 2.45) is 11.8 Å². The van der Waals surface area contributed by atoms with Crippen LogP contribution in [0.4, 0.5) is 4.39 Å². The molecule has 0 radical (unpaired) electrons. The molecule has 0 atom stereocenters. The van der Waals surface area contributed by atoms with Gasteiger partial charge in [0, 0.05) is 0 Å². The fourth-order valence-electron chi connectivity index (χ4n) is 8.14. The van der Waals surface area contributed by atoms with Crippen molar-refractivity contribution in [3.05, 3.63) is 68.0 Å². The van der Waals surface area contributed by atoms with Crippen LogP contribution in [0.1, 0.15) is 132 Å². The molecular formula is C36H51F. The molecule has 0 spiro atoms. The van der Waals surface area contributed by atoms with Crippen LogP contribution in [-0.2, 0) is 0 Å². The highest BCUT2D eigenvalue weighted by Crippen LogP contribution is 2.47. The molecule has 2 aliphatic carbocycles. The van der Waals surface area contributed by atoms with Gasteiger partial charge in [0.1, 0.15) is 0 Å². The van der Waals surface area contributed by atoms with E-state index < -0.39 is 0 Å². The average Bonchev–Trinajstić information content (AvgIpc) is 2.89. The van der Waals surface area contributed by atoms with Gasteiger partial charge in [0.25, 0.3) is 0 Å². The van der Waals surface area contributed by atoms with Crippen molar-refractivity contribution < 1.29 is 4.39 Å². The Morgan fingerprint density at radius 3 is 1.24 bits per heavy atom. The molecule has 0 bridgehead atoms. The first-order valence-electron chi connectivity index (χ1n) is 15.0. The van der Waals surface area contributed by atoms with Crippen LogP contribution in [0, 0.1) is 67.2 Å². The molecule has 0 N–H and O–H groups in total. The number of rotatable bonds is 5. The SMILES string of the molecule is Cc1c(C)c(C2CCC(C)CC2)c(C)c(C)c1-c1c(C)c(C)c(C2CCC(C/C=C/F)CC2)c(C)c1C. The maximum absolute atomic E-state index is 12.5. The third kappa shape index (κ3) is 5.22. The van der Waals surface area contributed by atoms with Crippen molar-refractivity contribution in [2.75, 3.05) is 0 Å². The van der Waals surface area contributed by atoms with Crippen LogP contribution < -0.4 is 0 Å². The topological polar surface area (TPSA) is 0 Å². The lowest BCUT2D eigenvalue weighted by Gasteiger charge is -2.34. The second-order valence-corrected chi connectivity index (χ2v) is 12.8. The van der Waals surface area contributed by atoms with Gasteiger partial charge in [-0.05, 0) is 191 Å². The van der Waals surface area contributed by atoms with Gasteiger partial charge in [-0.3, -0.25) is 0 Å². The van der Waals surface area contributed by atoms with E-state index in [4.69, 9.17) is 0 Å². The summed E-state index contributed by atoms with van der Waals surface area (Å²) in [5.41, 5.74) is 18.3. The standard InChI is InChI=1S/C36H51F/c1-21-12-16-31(17-13-21)33-22(2)26(6)35(27(7)23(33)3)36-28(8)24(4)34(25(5)29(36)9)32-18-14-30(15-19-32)11-10-20-37/h10,20-21,30-32H,11-19H2,1-9H3/b20-10+. The van der Waals surface area contributed by atoms with E-state index in [2.05, 4.69) is 62.3 Å². The Labute approximate surface area is 227 Å². The lowest BCUT2D eigenvalue weighted by Crippen LogP contribution is -2.17. The van der Waals surface area contributed by atoms with Gasteiger partial charge in [0.2, 0.25) is 0 Å². The molecule has 0 heterocycles. The Balaban J connectivity index is 1.76. The van der Waals surface area contributed by atoms with Gasteiger partial charge in [-0.2, -0.15) is 0 Å². The van der Waals surface area contributed by atoms with Gasteiger partial charge in [-0.25, -0.2) is 4.39 Å². The Kier molecular flexibility index (Phi) is 8.72. The molecule has 202 valence electrons. The summed E-state index contributed by atoms with van der Waals surface area (Å²) in [6.45, 7) is 21.5. The highest BCUT2D eigenvalue weighted by atomic mass is 19.1. The molecule has 0 saturated heterocycles. The van der Waals surface area contributed by atoms with Gasteiger partial charge in [-0.15, -0.1) is 0 Å². The maximum Gasteiger partial charge on any atom is 0.0827 e. The minimum Gasteiger partial charge on any atom is -0.216 e. The van der Waals surface area contributed by atoms with Crippen molar-refractivity contribution in [2.45, 2.75) is 132 Å². The van der Waals surface area contributed by atoms with Gasteiger partial charge in [0.15, 0.2) is 0 Å². The molecule has 0 amide bonds. The van der Waals surface area contributed by atoms with Crippen LogP contribution in [0.25, 0.3) is 11.1 Å². The van der Waals surface area contributed by atoms with E-state index >= 15 is 0 Å². The third-order valence-electron chi connectivity index (χ3n) is 10.9. The molecule has 0 unspecified atom stereocenters. The summed E-state index contributed by atoms with van der Waals surface area (Å²) in [6.07, 6.45) is 13.7. The van der Waals surface area contributed by atoms with E-state index in [9.17, 15) is 4.39 Å². The monoisotopic (exact) mass is 502 g/mol. The fraction of sp³-hybridized carbons (Fsp3) is 0.611. The molecule has 1 heteroatoms. The average molecular weight is 503 g/mol. The summed E-state index contributed by atoms with van der Waals surface area (Å²) in [5, 5.41) is 0. The van der Waals surface area contributed by atoms with Crippen molar-refractivity contribution in [3.8, 4) is 11.1 Å². The first-order valence-corrected chi connectivity index (χ1v) is 15.0. The summed E-state index contributed by atoms with van der Waals surface area (Å²) < 4.78 is 12.5. The van der Waals surface area contributed by atoms with E-state index in [0.29, 0.717) is 11.8 Å². The first-order chi connectivity index (χ1) is 17.6. The van der Waals surface area contributed by atoms with Crippen molar-refractivity contribution in [1.29, 1.82) is 0 Å². The molecule has 0 aromatic heterocycles. The van der Waals surface area contributed by atoms with Gasteiger partial charge in [0.05, 0.1) is 6.33 Å². The Morgan fingerprint density at radius 1 is 0.541 bits per heavy atom. The smallest absolute Gasteiger partial charge is 0.0827 e. The molecular weight excluding hydrogens is 451 g/mol. The Morgan fingerprint density at radius 2 is 0.892 bits per heavy atom. The number of allylic oxidation sites excluding steroid dienone is 1. The molecule has 2 fully saturated rings. The Bertz CT molecular complexity index is 1110. The molecule has 0 aliphatic heterocycles. The largest absolute Gasteiger partial charge is 0.216 e. The lowest BCUT2D eigenvalue weighted by atomic mass is 9.71. The van der Waals surface area contributed by atoms with Gasteiger partial charge in [-0.1, -0.05) is 25.8 Å². The highest BCUT2D eigenvalue weighted by Gasteiger charge is 2.29. The zero-order valence-corrected chi connectivity index (χ0v) is 25.2. The summed E-state index contributed by atoms with van der Waals surface area (Å²) in [7, 11) is 0. The zero-order chi connectivity index (χ0) is 27.0. The van der Waals surface area contributed by atoms with Gasteiger partial charge >= 0.3 is 0 Å².